The molecule has 0 aliphatic carbocycles. The van der Waals surface area contributed by atoms with Crippen LogP contribution in [0.15, 0.2) is 48.2 Å². The maximum atomic E-state index is 13.2. The van der Waals surface area contributed by atoms with Gasteiger partial charge in [-0.3, -0.25) is 14.5 Å². The maximum absolute atomic E-state index is 13.2. The fraction of sp³-hybridized carbons (Fsp3) is 0.333. The molecule has 0 radical (unpaired) electrons. The van der Waals surface area contributed by atoms with Gasteiger partial charge in [0, 0.05) is 35.5 Å². The normalized spacial score (nSPS) is 14.0. The van der Waals surface area contributed by atoms with E-state index in [-0.39, 0.29) is 17.5 Å². The lowest BCUT2D eigenvalue weighted by Gasteiger charge is -2.15. The molecule has 31 heavy (non-hydrogen) atoms. The summed E-state index contributed by atoms with van der Waals surface area (Å²) in [5, 5.41) is 4.26. The number of rotatable bonds is 10. The number of hydrogen-bond donors (Lipinski definition) is 1. The molecule has 0 spiro atoms. The van der Waals surface area contributed by atoms with Crippen molar-refractivity contribution in [3.63, 3.8) is 0 Å². The molecular formula is C24H26Cl2N2O3. The molecule has 2 amide bonds. The summed E-state index contributed by atoms with van der Waals surface area (Å²) in [7, 11) is 0. The van der Waals surface area contributed by atoms with Crippen molar-refractivity contribution in [2.75, 3.05) is 25.1 Å². The van der Waals surface area contributed by atoms with Gasteiger partial charge in [0.1, 0.15) is 5.70 Å². The van der Waals surface area contributed by atoms with Gasteiger partial charge in [-0.05, 0) is 55.2 Å². The highest BCUT2D eigenvalue weighted by molar-refractivity contribution is 6.37. The minimum absolute atomic E-state index is 0.235. The summed E-state index contributed by atoms with van der Waals surface area (Å²) >= 11 is 12.2. The summed E-state index contributed by atoms with van der Waals surface area (Å²) in [5.74, 6) is -0.693. The average Bonchev–Trinajstić information content (AvgIpc) is 2.98. The Labute approximate surface area is 193 Å². The van der Waals surface area contributed by atoms with Crippen molar-refractivity contribution in [3.8, 4) is 0 Å². The molecule has 1 heterocycles. The third-order valence-corrected chi connectivity index (χ3v) is 5.71. The van der Waals surface area contributed by atoms with Crippen molar-refractivity contribution >= 4 is 46.3 Å². The number of benzene rings is 2. The highest BCUT2D eigenvalue weighted by Gasteiger charge is 2.38. The molecule has 2 aromatic carbocycles. The predicted molar refractivity (Wildman–Crippen MR) is 125 cm³/mol. The van der Waals surface area contributed by atoms with Crippen LogP contribution in [0.4, 0.5) is 5.69 Å². The summed E-state index contributed by atoms with van der Waals surface area (Å²) in [6, 6.07) is 12.3. The van der Waals surface area contributed by atoms with Crippen LogP contribution in [0.2, 0.25) is 10.0 Å². The van der Waals surface area contributed by atoms with Gasteiger partial charge in [-0.2, -0.15) is 0 Å². The fourth-order valence-corrected chi connectivity index (χ4v) is 3.57. The molecule has 0 fully saturated rings. The van der Waals surface area contributed by atoms with E-state index in [0.29, 0.717) is 53.0 Å². The van der Waals surface area contributed by atoms with Crippen LogP contribution in [0.3, 0.4) is 0 Å². The summed E-state index contributed by atoms with van der Waals surface area (Å²) in [5.41, 5.74) is 2.76. The van der Waals surface area contributed by atoms with Gasteiger partial charge < -0.3 is 10.1 Å². The monoisotopic (exact) mass is 460 g/mol. The van der Waals surface area contributed by atoms with Gasteiger partial charge in [-0.15, -0.1) is 0 Å². The van der Waals surface area contributed by atoms with E-state index in [1.54, 1.807) is 30.3 Å². The Morgan fingerprint density at radius 2 is 1.68 bits per heavy atom. The van der Waals surface area contributed by atoms with Crippen molar-refractivity contribution in [1.29, 1.82) is 0 Å². The molecule has 0 atom stereocenters. The standard InChI is InChI=1S/C24H26Cl2N2O3/c1-3-4-13-31-14-5-12-28-23(29)21(17-7-9-18(25)10-8-17)22(24(28)30)27-19-11-6-16(2)20(26)15-19/h6-11,15,27H,3-5,12-14H2,1-2H3. The Kier molecular flexibility index (Phi) is 8.13. The van der Waals surface area contributed by atoms with Crippen LogP contribution in [-0.2, 0) is 14.3 Å². The minimum atomic E-state index is -0.361. The van der Waals surface area contributed by atoms with Gasteiger partial charge in [0.2, 0.25) is 0 Å². The number of anilines is 1. The SMILES string of the molecule is CCCCOCCCN1C(=O)C(Nc2ccc(C)c(Cl)c2)=C(c2ccc(Cl)cc2)C1=O. The maximum Gasteiger partial charge on any atom is 0.278 e. The van der Waals surface area contributed by atoms with Gasteiger partial charge in [0.15, 0.2) is 0 Å². The first-order chi connectivity index (χ1) is 14.9. The third-order valence-electron chi connectivity index (χ3n) is 5.05. The number of unbranched alkanes of at least 4 members (excludes halogenated alkanes) is 1. The van der Waals surface area contributed by atoms with Gasteiger partial charge in [0.25, 0.3) is 11.8 Å². The van der Waals surface area contributed by atoms with Gasteiger partial charge in [-0.25, -0.2) is 0 Å². The van der Waals surface area contributed by atoms with E-state index in [9.17, 15) is 9.59 Å². The lowest BCUT2D eigenvalue weighted by atomic mass is 10.0. The largest absolute Gasteiger partial charge is 0.381 e. The Morgan fingerprint density at radius 1 is 0.968 bits per heavy atom. The van der Waals surface area contributed by atoms with Gasteiger partial charge in [0.05, 0.1) is 5.57 Å². The van der Waals surface area contributed by atoms with Crippen LogP contribution in [0.5, 0.6) is 0 Å². The number of hydrogen-bond acceptors (Lipinski definition) is 4. The molecule has 1 N–H and O–H groups in total. The molecule has 2 aromatic rings. The number of nitrogens with one attached hydrogen (secondary N) is 1. The van der Waals surface area contributed by atoms with Crippen LogP contribution in [0, 0.1) is 6.92 Å². The molecule has 164 valence electrons. The Bertz CT molecular complexity index is 987. The fourth-order valence-electron chi connectivity index (χ4n) is 3.27. The van der Waals surface area contributed by atoms with Crippen molar-refractivity contribution in [2.45, 2.75) is 33.1 Å². The molecule has 0 saturated heterocycles. The Balaban J connectivity index is 1.84. The molecule has 0 bridgehead atoms. The second kappa shape index (κ2) is 10.8. The molecule has 1 aliphatic heterocycles. The van der Waals surface area contributed by atoms with Crippen LogP contribution in [-0.4, -0.2) is 36.5 Å². The number of carbonyl (C=O) groups is 2. The van der Waals surface area contributed by atoms with E-state index in [1.807, 2.05) is 19.1 Å². The second-order valence-corrected chi connectivity index (χ2v) is 8.27. The highest BCUT2D eigenvalue weighted by atomic mass is 35.5. The zero-order valence-corrected chi connectivity index (χ0v) is 19.2. The van der Waals surface area contributed by atoms with Gasteiger partial charge in [-0.1, -0.05) is 54.7 Å². The average molecular weight is 461 g/mol. The number of halogens is 2. The van der Waals surface area contributed by atoms with E-state index in [1.165, 1.54) is 4.90 Å². The summed E-state index contributed by atoms with van der Waals surface area (Å²) < 4.78 is 5.57. The molecular weight excluding hydrogens is 435 g/mol. The first-order valence-electron chi connectivity index (χ1n) is 10.4. The Hall–Kier alpha value is -2.34. The summed E-state index contributed by atoms with van der Waals surface area (Å²) in [6.07, 6.45) is 2.64. The van der Waals surface area contributed by atoms with Crippen LogP contribution in [0.1, 0.15) is 37.3 Å². The number of nitrogens with zero attached hydrogens (tertiary/aromatic N) is 1. The molecule has 3 rings (SSSR count). The smallest absolute Gasteiger partial charge is 0.278 e. The summed E-state index contributed by atoms with van der Waals surface area (Å²) in [4.78, 5) is 27.6. The lowest BCUT2D eigenvalue weighted by molar-refractivity contribution is -0.137. The molecule has 0 saturated carbocycles. The van der Waals surface area contributed by atoms with Crippen LogP contribution < -0.4 is 5.32 Å². The van der Waals surface area contributed by atoms with Crippen molar-refractivity contribution in [3.05, 3.63) is 69.3 Å². The Morgan fingerprint density at radius 3 is 2.35 bits per heavy atom. The molecule has 0 aromatic heterocycles. The number of ether oxygens (including phenoxy) is 1. The first-order valence-corrected chi connectivity index (χ1v) is 11.1. The quantitative estimate of drug-likeness (QED) is 0.364. The molecule has 7 heteroatoms. The molecule has 1 aliphatic rings. The number of imide groups is 1. The van der Waals surface area contributed by atoms with E-state index < -0.39 is 0 Å². The molecule has 5 nitrogen and oxygen atoms in total. The van der Waals surface area contributed by atoms with Crippen molar-refractivity contribution < 1.29 is 14.3 Å². The highest BCUT2D eigenvalue weighted by Crippen LogP contribution is 2.32. The zero-order valence-electron chi connectivity index (χ0n) is 17.7. The third kappa shape index (κ3) is 5.67. The second-order valence-electron chi connectivity index (χ2n) is 7.43. The van der Waals surface area contributed by atoms with Crippen LogP contribution in [0.25, 0.3) is 5.57 Å². The van der Waals surface area contributed by atoms with E-state index in [2.05, 4.69) is 12.2 Å². The molecule has 0 unspecified atom stereocenters. The first kappa shape index (κ1) is 23.3. The van der Waals surface area contributed by atoms with Crippen molar-refractivity contribution in [1.82, 2.24) is 4.90 Å². The minimum Gasteiger partial charge on any atom is -0.381 e. The topological polar surface area (TPSA) is 58.6 Å². The van der Waals surface area contributed by atoms with E-state index in [4.69, 9.17) is 27.9 Å². The lowest BCUT2D eigenvalue weighted by Crippen LogP contribution is -2.34. The van der Waals surface area contributed by atoms with Gasteiger partial charge >= 0.3 is 0 Å². The summed E-state index contributed by atoms with van der Waals surface area (Å²) in [6.45, 7) is 5.49. The zero-order chi connectivity index (χ0) is 22.4. The van der Waals surface area contributed by atoms with Crippen LogP contribution >= 0.6 is 23.2 Å². The van der Waals surface area contributed by atoms with E-state index in [0.717, 1.165) is 18.4 Å². The number of carbonyl (C=O) groups excluding carboxylic acids is 2. The van der Waals surface area contributed by atoms with Crippen molar-refractivity contribution in [2.24, 2.45) is 0 Å². The number of aryl methyl sites for hydroxylation is 1. The predicted octanol–water partition coefficient (Wildman–Crippen LogP) is 5.70. The van der Waals surface area contributed by atoms with E-state index >= 15 is 0 Å². The number of amides is 2.